The Balaban J connectivity index is 1.60. The predicted molar refractivity (Wildman–Crippen MR) is 156 cm³/mol. The first kappa shape index (κ1) is 26.0. The van der Waals surface area contributed by atoms with E-state index in [1.807, 2.05) is 54.6 Å². The molecule has 1 aromatic heterocycles. The van der Waals surface area contributed by atoms with Crippen molar-refractivity contribution in [1.82, 2.24) is 9.66 Å². The molecule has 0 amide bonds. The smallest absolute Gasteiger partial charge is 0.282 e. The molecular weight excluding hydrogens is 589 g/mol. The molecule has 0 N–H and O–H groups in total. The monoisotopic (exact) mass is 607 g/mol. The maximum Gasteiger partial charge on any atom is 0.282 e. The molecule has 0 saturated carbocycles. The Bertz CT molecular complexity index is 1720. The first-order chi connectivity index (χ1) is 18.4. The van der Waals surface area contributed by atoms with E-state index in [1.165, 1.54) is 4.68 Å². The molecule has 190 valence electrons. The van der Waals surface area contributed by atoms with E-state index in [0.29, 0.717) is 43.8 Å². The third-order valence-corrected chi connectivity index (χ3v) is 6.93. The van der Waals surface area contributed by atoms with E-state index in [9.17, 15) is 4.79 Å². The molecule has 38 heavy (non-hydrogen) atoms. The summed E-state index contributed by atoms with van der Waals surface area (Å²) in [6, 6.07) is 25.6. The maximum atomic E-state index is 13.5. The number of nitrogens with zero attached hydrogens (tertiary/aromatic N) is 3. The van der Waals surface area contributed by atoms with Gasteiger partial charge >= 0.3 is 0 Å². The molecule has 0 aliphatic rings. The Kier molecular flexibility index (Phi) is 7.79. The zero-order valence-electron chi connectivity index (χ0n) is 20.1. The summed E-state index contributed by atoms with van der Waals surface area (Å²) >= 11 is 15.7. The number of hydrogen-bond donors (Lipinski definition) is 0. The molecule has 0 aliphatic carbocycles. The number of aromatic nitrogens is 2. The Morgan fingerprint density at radius 1 is 0.974 bits per heavy atom. The van der Waals surface area contributed by atoms with Crippen LogP contribution in [0.25, 0.3) is 22.3 Å². The highest BCUT2D eigenvalue weighted by Crippen LogP contribution is 2.35. The third kappa shape index (κ3) is 5.45. The summed E-state index contributed by atoms with van der Waals surface area (Å²) in [5, 5.41) is 5.95. The molecule has 0 saturated heterocycles. The molecule has 6 nitrogen and oxygen atoms in total. The number of para-hydroxylation sites is 1. The molecule has 0 bridgehead atoms. The van der Waals surface area contributed by atoms with Gasteiger partial charge in [0.25, 0.3) is 5.56 Å². The van der Waals surface area contributed by atoms with Crippen LogP contribution in [0.2, 0.25) is 10.0 Å². The van der Waals surface area contributed by atoms with E-state index in [1.54, 1.807) is 43.7 Å². The van der Waals surface area contributed by atoms with Gasteiger partial charge in [-0.3, -0.25) is 4.79 Å². The van der Waals surface area contributed by atoms with Gasteiger partial charge in [0.1, 0.15) is 6.61 Å². The topological polar surface area (TPSA) is 65.7 Å². The predicted octanol–water partition coefficient (Wildman–Crippen LogP) is 7.60. The molecule has 4 aromatic carbocycles. The molecule has 0 aliphatic heterocycles. The van der Waals surface area contributed by atoms with Crippen LogP contribution in [0.5, 0.6) is 11.5 Å². The normalized spacial score (nSPS) is 11.3. The average Bonchev–Trinajstić information content (AvgIpc) is 2.93. The van der Waals surface area contributed by atoms with E-state index in [0.717, 1.165) is 15.6 Å². The van der Waals surface area contributed by atoms with E-state index in [4.69, 9.17) is 37.7 Å². The van der Waals surface area contributed by atoms with E-state index < -0.39 is 0 Å². The zero-order valence-corrected chi connectivity index (χ0v) is 23.2. The molecule has 0 spiro atoms. The van der Waals surface area contributed by atoms with E-state index >= 15 is 0 Å². The number of ether oxygens (including phenoxy) is 2. The van der Waals surface area contributed by atoms with Gasteiger partial charge in [0, 0.05) is 15.6 Å². The van der Waals surface area contributed by atoms with Gasteiger partial charge in [0.15, 0.2) is 17.3 Å². The van der Waals surface area contributed by atoms with Gasteiger partial charge in [0.05, 0.1) is 34.3 Å². The molecule has 1 heterocycles. The number of methoxy groups -OCH3 is 1. The quantitative estimate of drug-likeness (QED) is 0.178. The second-order valence-corrected chi connectivity index (χ2v) is 9.97. The first-order valence-corrected chi connectivity index (χ1v) is 13.1. The summed E-state index contributed by atoms with van der Waals surface area (Å²) in [5.41, 5.74) is 2.49. The minimum Gasteiger partial charge on any atom is -0.493 e. The van der Waals surface area contributed by atoms with E-state index in [-0.39, 0.29) is 12.2 Å². The highest BCUT2D eigenvalue weighted by atomic mass is 79.9. The summed E-state index contributed by atoms with van der Waals surface area (Å²) in [7, 11) is 1.56. The second kappa shape index (κ2) is 11.4. The summed E-state index contributed by atoms with van der Waals surface area (Å²) in [4.78, 5) is 18.3. The van der Waals surface area contributed by atoms with Crippen LogP contribution < -0.4 is 15.0 Å². The van der Waals surface area contributed by atoms with Crippen molar-refractivity contribution >= 4 is 56.2 Å². The lowest BCUT2D eigenvalue weighted by atomic mass is 10.2. The van der Waals surface area contributed by atoms with Gasteiger partial charge in [-0.25, -0.2) is 4.98 Å². The number of halogens is 3. The fourth-order valence-corrected chi connectivity index (χ4v) is 4.68. The summed E-state index contributed by atoms with van der Waals surface area (Å²) in [6.45, 7) is 0.211. The first-order valence-electron chi connectivity index (χ1n) is 11.5. The fourth-order valence-electron chi connectivity index (χ4n) is 3.90. The molecule has 0 atom stereocenters. The van der Waals surface area contributed by atoms with E-state index in [2.05, 4.69) is 21.0 Å². The van der Waals surface area contributed by atoms with Crippen LogP contribution in [0.4, 0.5) is 0 Å². The average molecular weight is 609 g/mol. The Morgan fingerprint density at radius 2 is 1.74 bits per heavy atom. The van der Waals surface area contributed by atoms with Crippen LogP contribution in [-0.2, 0) is 6.61 Å². The number of benzene rings is 4. The van der Waals surface area contributed by atoms with Crippen LogP contribution in [0.15, 0.2) is 99.3 Å². The molecule has 5 aromatic rings. The molecule has 0 fully saturated rings. The van der Waals surface area contributed by atoms with Crippen molar-refractivity contribution in [2.45, 2.75) is 6.61 Å². The number of rotatable bonds is 7. The minimum absolute atomic E-state index is 0.211. The van der Waals surface area contributed by atoms with Crippen molar-refractivity contribution in [3.63, 3.8) is 0 Å². The zero-order chi connectivity index (χ0) is 26.6. The third-order valence-electron chi connectivity index (χ3n) is 5.73. The minimum atomic E-state index is -0.286. The van der Waals surface area contributed by atoms with Gasteiger partial charge in [-0.1, -0.05) is 87.7 Å². The molecule has 9 heteroatoms. The van der Waals surface area contributed by atoms with Crippen molar-refractivity contribution in [3.8, 4) is 22.9 Å². The van der Waals surface area contributed by atoms with Crippen LogP contribution in [0, 0.1) is 0 Å². The molecule has 0 radical (unpaired) electrons. The van der Waals surface area contributed by atoms with Gasteiger partial charge in [0.2, 0.25) is 0 Å². The van der Waals surface area contributed by atoms with Gasteiger partial charge in [-0.05, 0) is 42.0 Å². The lowest BCUT2D eigenvalue weighted by molar-refractivity contribution is 0.284. The largest absolute Gasteiger partial charge is 0.493 e. The van der Waals surface area contributed by atoms with Crippen molar-refractivity contribution < 1.29 is 9.47 Å². The van der Waals surface area contributed by atoms with Crippen LogP contribution in [0.1, 0.15) is 11.1 Å². The van der Waals surface area contributed by atoms with Crippen molar-refractivity contribution in [2.75, 3.05) is 7.11 Å². The molecule has 0 unspecified atom stereocenters. The van der Waals surface area contributed by atoms with Gasteiger partial charge in [-0.2, -0.15) is 9.78 Å². The maximum absolute atomic E-state index is 13.5. The summed E-state index contributed by atoms with van der Waals surface area (Å²) < 4.78 is 13.8. The second-order valence-electron chi connectivity index (χ2n) is 8.24. The fraction of sp³-hybridized carbons (Fsp3) is 0.0690. The Morgan fingerprint density at radius 3 is 2.50 bits per heavy atom. The van der Waals surface area contributed by atoms with Crippen molar-refractivity contribution in [2.24, 2.45) is 5.10 Å². The standard InChI is InChI=1S/C29H20BrCl2N3O3/c1-37-26-15-21(30)14-20(27(26)38-17-18-11-12-23(31)24(32)13-18)16-33-35-28(19-7-3-2-4-8-19)34-25-10-6-5-9-22(25)29(35)36/h2-16H,17H2,1H3. The highest BCUT2D eigenvalue weighted by molar-refractivity contribution is 9.10. The Labute approximate surface area is 237 Å². The van der Waals surface area contributed by atoms with Crippen molar-refractivity contribution in [3.05, 3.63) is 121 Å². The van der Waals surface area contributed by atoms with Gasteiger partial charge in [-0.15, -0.1) is 0 Å². The Hall–Kier alpha value is -3.65. The SMILES string of the molecule is COc1cc(Br)cc(C=Nn2c(-c3ccccc3)nc3ccccc3c2=O)c1OCc1ccc(Cl)c(Cl)c1. The lowest BCUT2D eigenvalue weighted by Crippen LogP contribution is -2.20. The molecule has 5 rings (SSSR count). The van der Waals surface area contributed by atoms with Crippen LogP contribution >= 0.6 is 39.1 Å². The van der Waals surface area contributed by atoms with Crippen molar-refractivity contribution in [1.29, 1.82) is 0 Å². The van der Waals surface area contributed by atoms with Crippen LogP contribution in [-0.4, -0.2) is 23.0 Å². The lowest BCUT2D eigenvalue weighted by Gasteiger charge is -2.15. The number of fused-ring (bicyclic) bond motifs is 1. The van der Waals surface area contributed by atoms with Gasteiger partial charge < -0.3 is 9.47 Å². The van der Waals surface area contributed by atoms with Crippen LogP contribution in [0.3, 0.4) is 0 Å². The summed E-state index contributed by atoms with van der Waals surface area (Å²) in [5.74, 6) is 1.37. The molecular formula is C29H20BrCl2N3O3. The summed E-state index contributed by atoms with van der Waals surface area (Å²) in [6.07, 6.45) is 1.56. The highest BCUT2D eigenvalue weighted by Gasteiger charge is 2.15. The number of hydrogen-bond acceptors (Lipinski definition) is 5.